The summed E-state index contributed by atoms with van der Waals surface area (Å²) in [6.07, 6.45) is 0. The van der Waals surface area contributed by atoms with E-state index in [9.17, 15) is 4.79 Å². The lowest BCUT2D eigenvalue weighted by Gasteiger charge is -2.36. The topological polar surface area (TPSA) is 81.7 Å². The third-order valence-electron chi connectivity index (χ3n) is 6.11. The normalized spacial score (nSPS) is 11.4. The molecular weight excluding hydrogens is 524 g/mol. The molecule has 222 valence electrons. The SMILES string of the molecule is CC(=O)OCCOCCOCCOCCOCCOCCOC(c1ccccc1)(c1ccccc1)c1ccccc1. The Hall–Kier alpha value is -3.11. The largest absolute Gasteiger partial charge is 0.463 e. The molecule has 0 aliphatic carbocycles. The molecule has 3 rings (SSSR count). The highest BCUT2D eigenvalue weighted by Crippen LogP contribution is 2.40. The molecule has 8 heteroatoms. The maximum absolute atomic E-state index is 10.6. The fourth-order valence-corrected chi connectivity index (χ4v) is 4.25. The van der Waals surface area contributed by atoms with E-state index in [1.807, 2.05) is 54.6 Å². The van der Waals surface area contributed by atoms with Gasteiger partial charge in [0.1, 0.15) is 12.2 Å². The summed E-state index contributed by atoms with van der Waals surface area (Å²) in [7, 11) is 0. The maximum atomic E-state index is 10.6. The molecule has 41 heavy (non-hydrogen) atoms. The van der Waals surface area contributed by atoms with Gasteiger partial charge in [0.05, 0.1) is 72.7 Å². The Morgan fingerprint density at radius 1 is 0.463 bits per heavy atom. The maximum Gasteiger partial charge on any atom is 0.302 e. The minimum absolute atomic E-state index is 0.259. The van der Waals surface area contributed by atoms with Gasteiger partial charge in [-0.2, -0.15) is 0 Å². The lowest BCUT2D eigenvalue weighted by molar-refractivity contribution is -0.142. The number of ether oxygens (including phenoxy) is 7. The highest BCUT2D eigenvalue weighted by molar-refractivity contribution is 5.65. The van der Waals surface area contributed by atoms with E-state index in [0.29, 0.717) is 72.7 Å². The fraction of sp³-hybridized carbons (Fsp3) is 0.424. The summed E-state index contributed by atoms with van der Waals surface area (Å²) in [5.74, 6) is -0.308. The molecule has 8 nitrogen and oxygen atoms in total. The molecule has 0 amide bonds. The summed E-state index contributed by atoms with van der Waals surface area (Å²) >= 11 is 0. The Morgan fingerprint density at radius 3 is 1.07 bits per heavy atom. The van der Waals surface area contributed by atoms with Crippen LogP contribution in [-0.2, 0) is 43.6 Å². The minimum Gasteiger partial charge on any atom is -0.463 e. The van der Waals surface area contributed by atoms with E-state index in [4.69, 9.17) is 33.2 Å². The number of hydrogen-bond acceptors (Lipinski definition) is 8. The molecule has 0 aliphatic heterocycles. The van der Waals surface area contributed by atoms with Crippen LogP contribution >= 0.6 is 0 Å². The van der Waals surface area contributed by atoms with Crippen LogP contribution in [0.15, 0.2) is 91.0 Å². The highest BCUT2D eigenvalue weighted by Gasteiger charge is 2.37. The van der Waals surface area contributed by atoms with Crippen LogP contribution in [-0.4, -0.2) is 85.3 Å². The van der Waals surface area contributed by atoms with Crippen molar-refractivity contribution in [2.24, 2.45) is 0 Å². The first-order chi connectivity index (χ1) is 20.2. The molecule has 0 N–H and O–H groups in total. The van der Waals surface area contributed by atoms with E-state index >= 15 is 0 Å². The van der Waals surface area contributed by atoms with Gasteiger partial charge in [-0.05, 0) is 16.7 Å². The Bertz CT molecular complexity index is 966. The van der Waals surface area contributed by atoms with Crippen LogP contribution in [0.3, 0.4) is 0 Å². The van der Waals surface area contributed by atoms with Gasteiger partial charge in [0.25, 0.3) is 0 Å². The monoisotopic (exact) mass is 566 g/mol. The number of rotatable bonds is 22. The first-order valence-electron chi connectivity index (χ1n) is 14.1. The molecule has 0 fully saturated rings. The van der Waals surface area contributed by atoms with Crippen LogP contribution in [0.25, 0.3) is 0 Å². The summed E-state index contributed by atoms with van der Waals surface area (Å²) in [6.45, 7) is 6.64. The average Bonchev–Trinajstić information content (AvgIpc) is 3.01. The third kappa shape index (κ3) is 11.7. The Morgan fingerprint density at radius 2 is 0.756 bits per heavy atom. The molecule has 0 unspecified atom stereocenters. The van der Waals surface area contributed by atoms with Crippen molar-refractivity contribution < 1.29 is 38.0 Å². The van der Waals surface area contributed by atoms with E-state index in [0.717, 1.165) is 16.7 Å². The van der Waals surface area contributed by atoms with Crippen molar-refractivity contribution in [2.75, 3.05) is 79.3 Å². The van der Waals surface area contributed by atoms with Crippen LogP contribution in [0.2, 0.25) is 0 Å². The zero-order valence-electron chi connectivity index (χ0n) is 23.9. The van der Waals surface area contributed by atoms with Crippen molar-refractivity contribution >= 4 is 5.97 Å². The van der Waals surface area contributed by atoms with Crippen LogP contribution in [0, 0.1) is 0 Å². The van der Waals surface area contributed by atoms with Crippen molar-refractivity contribution in [3.05, 3.63) is 108 Å². The van der Waals surface area contributed by atoms with Gasteiger partial charge in [0.2, 0.25) is 0 Å². The van der Waals surface area contributed by atoms with Gasteiger partial charge in [-0.3, -0.25) is 4.79 Å². The van der Waals surface area contributed by atoms with Crippen molar-refractivity contribution in [1.29, 1.82) is 0 Å². The van der Waals surface area contributed by atoms with E-state index in [1.165, 1.54) is 6.92 Å². The highest BCUT2D eigenvalue weighted by atomic mass is 16.6. The zero-order valence-corrected chi connectivity index (χ0v) is 23.9. The van der Waals surface area contributed by atoms with E-state index in [2.05, 4.69) is 36.4 Å². The Labute approximate surface area is 243 Å². The molecule has 0 spiro atoms. The second kappa shape index (κ2) is 19.9. The summed E-state index contributed by atoms with van der Waals surface area (Å²) in [4.78, 5) is 10.6. The van der Waals surface area contributed by atoms with Crippen LogP contribution in [0.1, 0.15) is 23.6 Å². The third-order valence-corrected chi connectivity index (χ3v) is 6.11. The van der Waals surface area contributed by atoms with Gasteiger partial charge in [-0.15, -0.1) is 0 Å². The van der Waals surface area contributed by atoms with Gasteiger partial charge in [-0.25, -0.2) is 0 Å². The molecule has 0 aromatic heterocycles. The Balaban J connectivity index is 1.29. The van der Waals surface area contributed by atoms with Gasteiger partial charge in [0.15, 0.2) is 0 Å². The molecule has 0 saturated heterocycles. The smallest absolute Gasteiger partial charge is 0.302 e. The Kier molecular flexibility index (Phi) is 15.7. The van der Waals surface area contributed by atoms with Crippen LogP contribution < -0.4 is 0 Å². The van der Waals surface area contributed by atoms with Gasteiger partial charge in [0, 0.05) is 6.92 Å². The lowest BCUT2D eigenvalue weighted by atomic mass is 9.80. The summed E-state index contributed by atoms with van der Waals surface area (Å²) in [5.41, 5.74) is 2.45. The standard InChI is InChI=1S/C33H42O8/c1-29(34)40-27-25-38-23-21-36-19-17-35-18-20-37-22-24-39-26-28-41-33(30-11-5-2-6-12-30,31-13-7-3-8-14-31)32-15-9-4-10-16-32/h2-16H,17-28H2,1H3. The summed E-state index contributed by atoms with van der Waals surface area (Å²) in [6, 6.07) is 30.9. The van der Waals surface area contributed by atoms with Crippen LogP contribution in [0.5, 0.6) is 0 Å². The molecule has 0 bridgehead atoms. The first-order valence-corrected chi connectivity index (χ1v) is 14.1. The molecule has 0 radical (unpaired) electrons. The molecular formula is C33H42O8. The molecule has 0 saturated carbocycles. The molecule has 0 aliphatic rings. The summed E-state index contributed by atoms with van der Waals surface area (Å²) in [5, 5.41) is 0. The quantitative estimate of drug-likeness (QED) is 0.0989. The second-order valence-corrected chi connectivity index (χ2v) is 9.03. The minimum atomic E-state index is -0.747. The van der Waals surface area contributed by atoms with Gasteiger partial charge >= 0.3 is 5.97 Å². The van der Waals surface area contributed by atoms with E-state index < -0.39 is 5.60 Å². The molecule has 0 atom stereocenters. The lowest BCUT2D eigenvalue weighted by Crippen LogP contribution is -2.34. The van der Waals surface area contributed by atoms with Gasteiger partial charge in [-0.1, -0.05) is 91.0 Å². The predicted octanol–water partition coefficient (Wildman–Crippen LogP) is 4.64. The van der Waals surface area contributed by atoms with Crippen LogP contribution in [0.4, 0.5) is 0 Å². The average molecular weight is 567 g/mol. The van der Waals surface area contributed by atoms with Crippen molar-refractivity contribution in [3.8, 4) is 0 Å². The molecule has 3 aromatic carbocycles. The second-order valence-electron chi connectivity index (χ2n) is 9.03. The molecule has 0 heterocycles. The van der Waals surface area contributed by atoms with Crippen molar-refractivity contribution in [2.45, 2.75) is 12.5 Å². The molecule has 3 aromatic rings. The summed E-state index contributed by atoms with van der Waals surface area (Å²) < 4.78 is 39.1. The number of carbonyl (C=O) groups is 1. The first kappa shape index (κ1) is 32.4. The number of carbonyl (C=O) groups excluding carboxylic acids is 1. The van der Waals surface area contributed by atoms with Crippen molar-refractivity contribution in [1.82, 2.24) is 0 Å². The zero-order chi connectivity index (χ0) is 28.9. The van der Waals surface area contributed by atoms with E-state index in [1.54, 1.807) is 0 Å². The number of esters is 1. The fourth-order valence-electron chi connectivity index (χ4n) is 4.25. The van der Waals surface area contributed by atoms with Gasteiger partial charge < -0.3 is 33.2 Å². The predicted molar refractivity (Wildman–Crippen MR) is 156 cm³/mol. The van der Waals surface area contributed by atoms with Crippen molar-refractivity contribution in [3.63, 3.8) is 0 Å². The number of hydrogen-bond donors (Lipinski definition) is 0. The van der Waals surface area contributed by atoms with E-state index in [-0.39, 0.29) is 12.6 Å². The number of benzene rings is 3.